The topological polar surface area (TPSA) is 55.8 Å². The van der Waals surface area contributed by atoms with Crippen LogP contribution < -0.4 is 0 Å². The van der Waals surface area contributed by atoms with Crippen LogP contribution in [0.3, 0.4) is 0 Å². The number of amides is 1. The van der Waals surface area contributed by atoms with Gasteiger partial charge in [0.05, 0.1) is 5.41 Å². The standard InChI is InChI=1S/C22H39NO4/c1-6-12-21(5,17(3)4)19(24)26-18-10-15-23(16-11-18)20(25)27-22(7-2)13-8-9-14-22/h17-18H,6-16H2,1-5H3. The average molecular weight is 382 g/mol. The van der Waals surface area contributed by atoms with Crippen molar-refractivity contribution in [3.05, 3.63) is 0 Å². The summed E-state index contributed by atoms with van der Waals surface area (Å²) in [5.41, 5.74) is -0.680. The maximum atomic E-state index is 12.8. The van der Waals surface area contributed by atoms with E-state index in [1.54, 1.807) is 4.90 Å². The molecule has 5 nitrogen and oxygen atoms in total. The number of carbonyl (C=O) groups excluding carboxylic acids is 2. The summed E-state index contributed by atoms with van der Waals surface area (Å²) in [6.45, 7) is 11.6. The number of hydrogen-bond acceptors (Lipinski definition) is 4. The minimum Gasteiger partial charge on any atom is -0.462 e. The van der Waals surface area contributed by atoms with Crippen LogP contribution in [0.5, 0.6) is 0 Å². The van der Waals surface area contributed by atoms with E-state index in [0.29, 0.717) is 25.9 Å². The van der Waals surface area contributed by atoms with Gasteiger partial charge in [-0.05, 0) is 51.4 Å². The van der Waals surface area contributed by atoms with Crippen molar-refractivity contribution in [2.45, 2.75) is 104 Å². The number of nitrogens with zero attached hydrogens (tertiary/aromatic N) is 1. The van der Waals surface area contributed by atoms with Crippen LogP contribution in [-0.2, 0) is 14.3 Å². The van der Waals surface area contributed by atoms with Crippen molar-refractivity contribution in [1.82, 2.24) is 4.90 Å². The molecule has 1 aliphatic heterocycles. The van der Waals surface area contributed by atoms with Gasteiger partial charge in [0.25, 0.3) is 0 Å². The van der Waals surface area contributed by atoms with Crippen molar-refractivity contribution in [2.24, 2.45) is 11.3 Å². The zero-order valence-electron chi connectivity index (χ0n) is 18.0. The highest BCUT2D eigenvalue weighted by atomic mass is 16.6. The van der Waals surface area contributed by atoms with Gasteiger partial charge in [-0.25, -0.2) is 4.79 Å². The van der Waals surface area contributed by atoms with E-state index < -0.39 is 5.41 Å². The highest BCUT2D eigenvalue weighted by Crippen LogP contribution is 2.37. The molecule has 156 valence electrons. The van der Waals surface area contributed by atoms with E-state index in [-0.39, 0.29) is 29.7 Å². The molecule has 1 heterocycles. The van der Waals surface area contributed by atoms with Gasteiger partial charge in [0.1, 0.15) is 11.7 Å². The summed E-state index contributed by atoms with van der Waals surface area (Å²) >= 11 is 0. The Labute approximate surface area is 165 Å². The maximum absolute atomic E-state index is 12.8. The van der Waals surface area contributed by atoms with Crippen LogP contribution in [-0.4, -0.2) is 41.8 Å². The summed E-state index contributed by atoms with van der Waals surface area (Å²) in [5, 5.41) is 0. The lowest BCUT2D eigenvalue weighted by atomic mass is 9.75. The minimum atomic E-state index is -0.430. The zero-order valence-corrected chi connectivity index (χ0v) is 18.0. The second-order valence-electron chi connectivity index (χ2n) is 9.03. The molecule has 0 aromatic heterocycles. The first-order chi connectivity index (χ1) is 12.8. The van der Waals surface area contributed by atoms with Crippen LogP contribution in [0.25, 0.3) is 0 Å². The molecule has 0 N–H and O–H groups in total. The molecule has 1 unspecified atom stereocenters. The van der Waals surface area contributed by atoms with E-state index in [0.717, 1.165) is 44.9 Å². The number of piperidine rings is 1. The molecule has 2 rings (SSSR count). The Balaban J connectivity index is 1.84. The van der Waals surface area contributed by atoms with Crippen LogP contribution in [0.1, 0.15) is 92.4 Å². The summed E-state index contributed by atoms with van der Waals surface area (Å²) in [6.07, 6.45) is 8.05. The molecule has 2 aliphatic rings. The Morgan fingerprint density at radius 1 is 1.15 bits per heavy atom. The molecule has 0 aromatic rings. The van der Waals surface area contributed by atoms with Crippen LogP contribution >= 0.6 is 0 Å². The van der Waals surface area contributed by atoms with Crippen molar-refractivity contribution < 1.29 is 19.1 Å². The third-order valence-electron chi connectivity index (χ3n) is 6.95. The predicted octanol–water partition coefficient (Wildman–Crippen LogP) is 5.32. The molecule has 27 heavy (non-hydrogen) atoms. The number of ether oxygens (including phenoxy) is 2. The third kappa shape index (κ3) is 5.17. The van der Waals surface area contributed by atoms with Gasteiger partial charge in [-0.3, -0.25) is 4.79 Å². The smallest absolute Gasteiger partial charge is 0.410 e. The Kier molecular flexibility index (Phi) is 7.58. The molecule has 2 fully saturated rings. The first-order valence-electron chi connectivity index (χ1n) is 11.0. The summed E-state index contributed by atoms with van der Waals surface area (Å²) in [4.78, 5) is 27.1. The molecule has 5 heteroatoms. The number of likely N-dealkylation sites (tertiary alicyclic amines) is 1. The summed E-state index contributed by atoms with van der Waals surface area (Å²) in [5.74, 6) is 0.160. The quantitative estimate of drug-likeness (QED) is 0.560. The number of rotatable bonds is 7. The predicted molar refractivity (Wildman–Crippen MR) is 107 cm³/mol. The largest absolute Gasteiger partial charge is 0.462 e. The highest BCUT2D eigenvalue weighted by Gasteiger charge is 2.40. The monoisotopic (exact) mass is 381 g/mol. The molecular formula is C22H39NO4. The molecule has 1 atom stereocenters. The first kappa shape index (κ1) is 22.0. The average Bonchev–Trinajstić information content (AvgIpc) is 3.11. The number of esters is 1. The molecule has 0 bridgehead atoms. The summed E-state index contributed by atoms with van der Waals surface area (Å²) in [6, 6.07) is 0. The van der Waals surface area contributed by atoms with Crippen molar-refractivity contribution in [3.8, 4) is 0 Å². The maximum Gasteiger partial charge on any atom is 0.410 e. The van der Waals surface area contributed by atoms with E-state index >= 15 is 0 Å². The third-order valence-corrected chi connectivity index (χ3v) is 6.95. The van der Waals surface area contributed by atoms with Gasteiger partial charge >= 0.3 is 12.1 Å². The first-order valence-corrected chi connectivity index (χ1v) is 11.0. The van der Waals surface area contributed by atoms with Gasteiger partial charge in [0, 0.05) is 25.9 Å². The van der Waals surface area contributed by atoms with Crippen LogP contribution in [0, 0.1) is 11.3 Å². The molecule has 1 aliphatic carbocycles. The molecule has 1 amide bonds. The van der Waals surface area contributed by atoms with Gasteiger partial charge in [-0.15, -0.1) is 0 Å². The van der Waals surface area contributed by atoms with Crippen LogP contribution in [0.2, 0.25) is 0 Å². The van der Waals surface area contributed by atoms with Crippen molar-refractivity contribution in [2.75, 3.05) is 13.1 Å². The van der Waals surface area contributed by atoms with E-state index in [4.69, 9.17) is 9.47 Å². The summed E-state index contributed by atoms with van der Waals surface area (Å²) in [7, 11) is 0. The highest BCUT2D eigenvalue weighted by molar-refractivity contribution is 5.77. The number of carbonyl (C=O) groups is 2. The van der Waals surface area contributed by atoms with E-state index in [9.17, 15) is 9.59 Å². The van der Waals surface area contributed by atoms with E-state index in [1.165, 1.54) is 0 Å². The van der Waals surface area contributed by atoms with Crippen molar-refractivity contribution >= 4 is 12.1 Å². The fraction of sp³-hybridized carbons (Fsp3) is 0.909. The van der Waals surface area contributed by atoms with Crippen molar-refractivity contribution in [1.29, 1.82) is 0 Å². The molecule has 1 saturated carbocycles. The summed E-state index contributed by atoms with van der Waals surface area (Å²) < 4.78 is 11.8. The van der Waals surface area contributed by atoms with Gasteiger partial charge in [-0.2, -0.15) is 0 Å². The molecule has 0 aromatic carbocycles. The molecule has 1 saturated heterocycles. The molecule has 0 radical (unpaired) electrons. The fourth-order valence-electron chi connectivity index (χ4n) is 4.38. The minimum absolute atomic E-state index is 0.0868. The lowest BCUT2D eigenvalue weighted by Crippen LogP contribution is -2.46. The van der Waals surface area contributed by atoms with Crippen LogP contribution in [0.15, 0.2) is 0 Å². The fourth-order valence-corrected chi connectivity index (χ4v) is 4.38. The lowest BCUT2D eigenvalue weighted by Gasteiger charge is -2.37. The van der Waals surface area contributed by atoms with E-state index in [2.05, 4.69) is 27.7 Å². The molecular weight excluding hydrogens is 342 g/mol. The van der Waals surface area contributed by atoms with Crippen molar-refractivity contribution in [3.63, 3.8) is 0 Å². The Bertz CT molecular complexity index is 504. The second kappa shape index (κ2) is 9.29. The van der Waals surface area contributed by atoms with Crippen LogP contribution in [0.4, 0.5) is 4.79 Å². The Morgan fingerprint density at radius 3 is 2.22 bits per heavy atom. The van der Waals surface area contributed by atoms with E-state index in [1.807, 2.05) is 6.92 Å². The SMILES string of the molecule is CCCC(C)(C(=O)OC1CCN(C(=O)OC2(CC)CCCC2)CC1)C(C)C. The normalized spacial score (nSPS) is 22.5. The van der Waals surface area contributed by atoms with Gasteiger partial charge in [-0.1, -0.05) is 34.1 Å². The lowest BCUT2D eigenvalue weighted by molar-refractivity contribution is -0.166. The zero-order chi connectivity index (χ0) is 20.1. The Morgan fingerprint density at radius 2 is 1.74 bits per heavy atom. The Hall–Kier alpha value is -1.26. The number of hydrogen-bond donors (Lipinski definition) is 0. The molecule has 0 spiro atoms. The van der Waals surface area contributed by atoms with Gasteiger partial charge in [0.15, 0.2) is 0 Å². The van der Waals surface area contributed by atoms with Gasteiger partial charge in [0.2, 0.25) is 0 Å². The van der Waals surface area contributed by atoms with Gasteiger partial charge < -0.3 is 14.4 Å². The second-order valence-corrected chi connectivity index (χ2v) is 9.03.